The van der Waals surface area contributed by atoms with Crippen molar-refractivity contribution in [3.05, 3.63) is 48.3 Å². The largest absolute Gasteiger partial charge is 0.364 e. The number of hydrogen-bond acceptors (Lipinski definition) is 8. The molecular weight excluding hydrogens is 384 g/mol. The van der Waals surface area contributed by atoms with Crippen molar-refractivity contribution in [1.82, 2.24) is 24.5 Å². The van der Waals surface area contributed by atoms with Crippen LogP contribution in [0.1, 0.15) is 5.82 Å². The first-order chi connectivity index (χ1) is 13.5. The molecule has 0 amide bonds. The molecule has 2 heterocycles. The molecule has 0 aliphatic carbocycles. The van der Waals surface area contributed by atoms with Gasteiger partial charge in [0, 0.05) is 27.2 Å². The molecule has 0 atom stereocenters. The van der Waals surface area contributed by atoms with Gasteiger partial charge in [-0.25, -0.2) is 13.1 Å². The normalized spacial score (nSPS) is 12.0. The van der Waals surface area contributed by atoms with E-state index < -0.39 is 16.3 Å². The molecule has 28 heavy (non-hydrogen) atoms. The van der Waals surface area contributed by atoms with Crippen LogP contribution in [0.2, 0.25) is 0 Å². The van der Waals surface area contributed by atoms with Crippen LogP contribution in [-0.2, 0) is 25.9 Å². The van der Waals surface area contributed by atoms with E-state index in [1.165, 1.54) is 0 Å². The molecule has 0 spiro atoms. The van der Waals surface area contributed by atoms with Crippen molar-refractivity contribution in [2.45, 2.75) is 17.6 Å². The fourth-order valence-corrected chi connectivity index (χ4v) is 3.57. The quantitative estimate of drug-likeness (QED) is 0.472. The Hall–Kier alpha value is -2.60. The molecule has 0 aliphatic heterocycles. The summed E-state index contributed by atoms with van der Waals surface area (Å²) in [5.41, 5.74) is 0.571. The Bertz CT molecular complexity index is 1000. The van der Waals surface area contributed by atoms with E-state index in [0.717, 1.165) is 0 Å². The van der Waals surface area contributed by atoms with Crippen LogP contribution < -0.4 is 10.0 Å². The standard InChI is InChI=1S/C17H22N6O4S/c1-26-17(27-2)12-18-14-8-9-15-20-21-16(23(15)22-14)10-11-19-28(24,25)13-6-4-3-5-7-13/h3-9,17,19H,10-12H2,1-2H3,(H,18,22). The zero-order valence-electron chi connectivity index (χ0n) is 15.6. The number of rotatable bonds is 10. The highest BCUT2D eigenvalue weighted by atomic mass is 32.2. The van der Waals surface area contributed by atoms with Crippen molar-refractivity contribution in [2.75, 3.05) is 32.6 Å². The molecule has 11 heteroatoms. The van der Waals surface area contributed by atoms with Crippen LogP contribution in [0.5, 0.6) is 0 Å². The molecule has 2 aromatic heterocycles. The zero-order valence-corrected chi connectivity index (χ0v) is 16.4. The number of ether oxygens (including phenoxy) is 2. The topological polar surface area (TPSA) is 120 Å². The molecule has 3 aromatic rings. The number of fused-ring (bicyclic) bond motifs is 1. The highest BCUT2D eigenvalue weighted by Gasteiger charge is 2.14. The second-order valence-electron chi connectivity index (χ2n) is 5.85. The summed E-state index contributed by atoms with van der Waals surface area (Å²) >= 11 is 0. The highest BCUT2D eigenvalue weighted by molar-refractivity contribution is 7.89. The van der Waals surface area contributed by atoms with Gasteiger partial charge in [0.25, 0.3) is 0 Å². The van der Waals surface area contributed by atoms with Crippen molar-refractivity contribution in [3.8, 4) is 0 Å². The summed E-state index contributed by atoms with van der Waals surface area (Å²) in [6.45, 7) is 0.590. The van der Waals surface area contributed by atoms with Gasteiger partial charge in [-0.15, -0.1) is 15.3 Å². The second-order valence-corrected chi connectivity index (χ2v) is 7.61. The minimum absolute atomic E-state index is 0.173. The van der Waals surface area contributed by atoms with Gasteiger partial charge >= 0.3 is 0 Å². The van der Waals surface area contributed by atoms with Crippen molar-refractivity contribution in [1.29, 1.82) is 0 Å². The Morgan fingerprint density at radius 3 is 2.54 bits per heavy atom. The molecule has 150 valence electrons. The van der Waals surface area contributed by atoms with Gasteiger partial charge in [0.15, 0.2) is 17.8 Å². The van der Waals surface area contributed by atoms with E-state index in [9.17, 15) is 8.42 Å². The van der Waals surface area contributed by atoms with E-state index in [2.05, 4.69) is 25.3 Å². The molecule has 2 N–H and O–H groups in total. The highest BCUT2D eigenvalue weighted by Crippen LogP contribution is 2.09. The van der Waals surface area contributed by atoms with Crippen LogP contribution in [0.25, 0.3) is 5.65 Å². The second kappa shape index (κ2) is 9.06. The predicted octanol–water partition coefficient (Wildman–Crippen LogP) is 0.676. The maximum absolute atomic E-state index is 12.3. The first-order valence-corrected chi connectivity index (χ1v) is 10.1. The lowest BCUT2D eigenvalue weighted by Gasteiger charge is -2.14. The Morgan fingerprint density at radius 1 is 1.07 bits per heavy atom. The van der Waals surface area contributed by atoms with Gasteiger partial charge in [-0.2, -0.15) is 4.52 Å². The van der Waals surface area contributed by atoms with Gasteiger partial charge < -0.3 is 14.8 Å². The SMILES string of the molecule is COC(CNc1ccc2nnc(CCNS(=O)(=O)c3ccccc3)n2n1)OC. The molecule has 0 unspecified atom stereocenters. The number of hydrogen-bond donors (Lipinski definition) is 2. The van der Waals surface area contributed by atoms with E-state index >= 15 is 0 Å². The van der Waals surface area contributed by atoms with Crippen LogP contribution in [0.3, 0.4) is 0 Å². The number of aromatic nitrogens is 4. The maximum atomic E-state index is 12.3. The fourth-order valence-electron chi connectivity index (χ4n) is 2.51. The third-order valence-corrected chi connectivity index (χ3v) is 5.47. The summed E-state index contributed by atoms with van der Waals surface area (Å²) in [4.78, 5) is 0.219. The van der Waals surface area contributed by atoms with Gasteiger partial charge in [0.2, 0.25) is 10.0 Å². The van der Waals surface area contributed by atoms with E-state index in [1.807, 2.05) is 0 Å². The number of methoxy groups -OCH3 is 2. The molecule has 10 nitrogen and oxygen atoms in total. The van der Waals surface area contributed by atoms with E-state index in [0.29, 0.717) is 30.3 Å². The minimum Gasteiger partial charge on any atom is -0.364 e. The van der Waals surface area contributed by atoms with Gasteiger partial charge in [0.05, 0.1) is 11.4 Å². The van der Waals surface area contributed by atoms with Crippen molar-refractivity contribution in [3.63, 3.8) is 0 Å². The molecule has 0 fully saturated rings. The zero-order chi connectivity index (χ0) is 20.0. The summed E-state index contributed by atoms with van der Waals surface area (Å²) < 4.78 is 39.0. The molecule has 3 rings (SSSR count). The number of sulfonamides is 1. The number of anilines is 1. The fraction of sp³-hybridized carbons (Fsp3) is 0.353. The summed E-state index contributed by atoms with van der Waals surface area (Å²) in [5.74, 6) is 1.14. The van der Waals surface area contributed by atoms with Gasteiger partial charge in [0.1, 0.15) is 5.82 Å². The van der Waals surface area contributed by atoms with E-state index in [4.69, 9.17) is 9.47 Å². The Balaban J connectivity index is 1.65. The first kappa shape index (κ1) is 20.1. The lowest BCUT2D eigenvalue weighted by Crippen LogP contribution is -2.26. The molecule has 0 saturated carbocycles. The summed E-state index contributed by atoms with van der Waals surface area (Å²) in [5, 5.41) is 15.7. The van der Waals surface area contributed by atoms with Crippen LogP contribution in [0.15, 0.2) is 47.4 Å². The Labute approximate surface area is 162 Å². The molecule has 0 aliphatic rings. The monoisotopic (exact) mass is 406 g/mol. The van der Waals surface area contributed by atoms with Crippen molar-refractivity contribution < 1.29 is 17.9 Å². The lowest BCUT2D eigenvalue weighted by molar-refractivity contribution is -0.0914. The molecular formula is C17H22N6O4S. The smallest absolute Gasteiger partial charge is 0.240 e. The van der Waals surface area contributed by atoms with E-state index in [-0.39, 0.29) is 11.4 Å². The van der Waals surface area contributed by atoms with Crippen LogP contribution in [-0.4, -0.2) is 61.8 Å². The Kier molecular flexibility index (Phi) is 6.52. The van der Waals surface area contributed by atoms with Crippen LogP contribution in [0.4, 0.5) is 5.82 Å². The molecule has 0 bridgehead atoms. The van der Waals surface area contributed by atoms with Gasteiger partial charge in [-0.1, -0.05) is 18.2 Å². The summed E-state index contributed by atoms with van der Waals surface area (Å²) in [6, 6.07) is 11.7. The first-order valence-electron chi connectivity index (χ1n) is 8.59. The Morgan fingerprint density at radius 2 is 1.82 bits per heavy atom. The average molecular weight is 406 g/mol. The summed E-state index contributed by atoms with van der Waals surface area (Å²) in [6.07, 6.45) is -0.0621. The maximum Gasteiger partial charge on any atom is 0.240 e. The third kappa shape index (κ3) is 4.81. The summed E-state index contributed by atoms with van der Waals surface area (Å²) in [7, 11) is -0.454. The lowest BCUT2D eigenvalue weighted by atomic mass is 10.4. The molecule has 1 aromatic carbocycles. The van der Waals surface area contributed by atoms with Crippen molar-refractivity contribution >= 4 is 21.5 Å². The van der Waals surface area contributed by atoms with Crippen LogP contribution in [0, 0.1) is 0 Å². The van der Waals surface area contributed by atoms with Gasteiger partial charge in [-0.3, -0.25) is 0 Å². The third-order valence-electron chi connectivity index (χ3n) is 4.00. The van der Waals surface area contributed by atoms with Gasteiger partial charge in [-0.05, 0) is 24.3 Å². The number of nitrogens with zero attached hydrogens (tertiary/aromatic N) is 4. The molecule has 0 radical (unpaired) electrons. The number of benzene rings is 1. The minimum atomic E-state index is -3.57. The average Bonchev–Trinajstić information content (AvgIpc) is 3.12. The predicted molar refractivity (Wildman–Crippen MR) is 102 cm³/mol. The van der Waals surface area contributed by atoms with E-state index in [1.54, 1.807) is 61.2 Å². The molecule has 0 saturated heterocycles. The number of nitrogens with one attached hydrogen (secondary N) is 2. The van der Waals surface area contributed by atoms with Crippen molar-refractivity contribution in [2.24, 2.45) is 0 Å². The van der Waals surface area contributed by atoms with Crippen LogP contribution >= 0.6 is 0 Å².